The summed E-state index contributed by atoms with van der Waals surface area (Å²) in [7, 11) is 0. The van der Waals surface area contributed by atoms with E-state index in [-0.39, 0.29) is 19.5 Å². The summed E-state index contributed by atoms with van der Waals surface area (Å²) in [6.07, 6.45) is 0.881. The molecule has 2 aliphatic rings. The van der Waals surface area contributed by atoms with E-state index in [2.05, 4.69) is 5.32 Å². The molecule has 4 nitrogen and oxygen atoms in total. The maximum Gasteiger partial charge on any atom is 0.261 e. The number of halogens is 2. The molecule has 0 aromatic carbocycles. The number of primary amides is 1. The monoisotopic (exact) mass is 233 g/mol. The number of piperidine rings is 1. The molecule has 0 atom stereocenters. The van der Waals surface area contributed by atoms with Crippen LogP contribution in [0.25, 0.3) is 0 Å². The Labute approximate surface area is 93.2 Å². The van der Waals surface area contributed by atoms with Gasteiger partial charge in [0.1, 0.15) is 5.54 Å². The number of rotatable bonds is 2. The molecule has 0 saturated carbocycles. The van der Waals surface area contributed by atoms with E-state index in [9.17, 15) is 13.6 Å². The molecule has 1 amide bonds. The molecule has 2 rings (SSSR count). The molecule has 2 heterocycles. The number of hydrogen-bond donors (Lipinski definition) is 2. The Bertz CT molecular complexity index is 290. The van der Waals surface area contributed by atoms with Gasteiger partial charge in [0.2, 0.25) is 5.91 Å². The number of carbonyl (C=O) groups is 1. The van der Waals surface area contributed by atoms with Crippen LogP contribution in [0.5, 0.6) is 0 Å². The van der Waals surface area contributed by atoms with E-state index in [0.29, 0.717) is 25.9 Å². The van der Waals surface area contributed by atoms with E-state index in [1.807, 2.05) is 0 Å². The fraction of sp³-hybridized carbons (Fsp3) is 0.900. The van der Waals surface area contributed by atoms with Crippen LogP contribution < -0.4 is 11.1 Å². The second-order valence-electron chi connectivity index (χ2n) is 4.67. The van der Waals surface area contributed by atoms with E-state index < -0.39 is 17.4 Å². The molecule has 0 aromatic heterocycles. The van der Waals surface area contributed by atoms with Gasteiger partial charge in [0.25, 0.3) is 5.92 Å². The molecular formula is C10H17F2N3O. The quantitative estimate of drug-likeness (QED) is 0.702. The first-order valence-corrected chi connectivity index (χ1v) is 5.60. The van der Waals surface area contributed by atoms with Crippen molar-refractivity contribution < 1.29 is 13.6 Å². The van der Waals surface area contributed by atoms with Crippen LogP contribution in [0.2, 0.25) is 0 Å². The van der Waals surface area contributed by atoms with Crippen molar-refractivity contribution in [3.8, 4) is 0 Å². The van der Waals surface area contributed by atoms with Crippen LogP contribution in [-0.4, -0.2) is 48.4 Å². The minimum Gasteiger partial charge on any atom is -0.368 e. The molecule has 3 N–H and O–H groups in total. The fourth-order valence-electron chi connectivity index (χ4n) is 2.66. The standard InChI is InChI=1S/C10H17F2N3O/c11-10(12)3-6-15(7-10)9(8(13)16)1-4-14-5-2-9/h14H,1-7H2,(H2,13,16). The van der Waals surface area contributed by atoms with E-state index >= 15 is 0 Å². The molecule has 0 radical (unpaired) electrons. The van der Waals surface area contributed by atoms with Crippen LogP contribution >= 0.6 is 0 Å². The van der Waals surface area contributed by atoms with E-state index in [0.717, 1.165) is 0 Å². The highest BCUT2D eigenvalue weighted by Crippen LogP contribution is 2.35. The molecule has 16 heavy (non-hydrogen) atoms. The van der Waals surface area contributed by atoms with Crippen molar-refractivity contribution >= 4 is 5.91 Å². The molecule has 6 heteroatoms. The molecule has 0 bridgehead atoms. The van der Waals surface area contributed by atoms with Crippen molar-refractivity contribution in [3.05, 3.63) is 0 Å². The SMILES string of the molecule is NC(=O)C1(N2CCC(F)(F)C2)CCNCC1. The second kappa shape index (κ2) is 3.92. The van der Waals surface area contributed by atoms with E-state index in [1.165, 1.54) is 0 Å². The van der Waals surface area contributed by atoms with Crippen LogP contribution in [0.1, 0.15) is 19.3 Å². The van der Waals surface area contributed by atoms with Gasteiger partial charge in [-0.25, -0.2) is 8.78 Å². The average Bonchev–Trinajstić information content (AvgIpc) is 2.60. The Morgan fingerprint density at radius 2 is 1.88 bits per heavy atom. The van der Waals surface area contributed by atoms with Crippen molar-refractivity contribution in [3.63, 3.8) is 0 Å². The van der Waals surface area contributed by atoms with Gasteiger partial charge in [0.15, 0.2) is 0 Å². The van der Waals surface area contributed by atoms with Gasteiger partial charge in [0, 0.05) is 13.0 Å². The summed E-state index contributed by atoms with van der Waals surface area (Å²) in [5, 5.41) is 3.12. The van der Waals surface area contributed by atoms with Crippen LogP contribution in [0.4, 0.5) is 8.78 Å². The van der Waals surface area contributed by atoms with Gasteiger partial charge < -0.3 is 11.1 Å². The number of nitrogens with zero attached hydrogens (tertiary/aromatic N) is 1. The van der Waals surface area contributed by atoms with E-state index in [1.54, 1.807) is 4.90 Å². The van der Waals surface area contributed by atoms with Gasteiger partial charge in [-0.05, 0) is 25.9 Å². The van der Waals surface area contributed by atoms with Gasteiger partial charge >= 0.3 is 0 Å². The maximum absolute atomic E-state index is 13.2. The summed E-state index contributed by atoms with van der Waals surface area (Å²) in [6.45, 7) is 1.24. The summed E-state index contributed by atoms with van der Waals surface area (Å²) in [5.41, 5.74) is 4.56. The normalized spacial score (nSPS) is 29.1. The van der Waals surface area contributed by atoms with E-state index in [4.69, 9.17) is 5.73 Å². The summed E-state index contributed by atoms with van der Waals surface area (Å²) < 4.78 is 26.3. The van der Waals surface area contributed by atoms with Gasteiger partial charge in [-0.3, -0.25) is 9.69 Å². The predicted molar refractivity (Wildman–Crippen MR) is 55.2 cm³/mol. The van der Waals surface area contributed by atoms with Crippen molar-refractivity contribution in [1.29, 1.82) is 0 Å². The lowest BCUT2D eigenvalue weighted by molar-refractivity contribution is -0.132. The Balaban J connectivity index is 2.17. The zero-order chi connectivity index (χ0) is 11.8. The minimum absolute atomic E-state index is 0.171. The van der Waals surface area contributed by atoms with Crippen molar-refractivity contribution in [2.24, 2.45) is 5.73 Å². The number of alkyl halides is 2. The van der Waals surface area contributed by atoms with Gasteiger partial charge in [-0.15, -0.1) is 0 Å². The van der Waals surface area contributed by atoms with Crippen molar-refractivity contribution in [2.75, 3.05) is 26.2 Å². The lowest BCUT2D eigenvalue weighted by Crippen LogP contribution is -2.61. The Hall–Kier alpha value is -0.750. The second-order valence-corrected chi connectivity index (χ2v) is 4.67. The first-order chi connectivity index (χ1) is 7.46. The number of likely N-dealkylation sites (tertiary alicyclic amines) is 1. The third-order valence-corrected chi connectivity index (χ3v) is 3.66. The molecule has 2 aliphatic heterocycles. The Morgan fingerprint density at radius 1 is 1.25 bits per heavy atom. The molecule has 0 spiro atoms. The first-order valence-electron chi connectivity index (χ1n) is 5.60. The molecule has 0 unspecified atom stereocenters. The summed E-state index contributed by atoms with van der Waals surface area (Å²) >= 11 is 0. The van der Waals surface area contributed by atoms with Crippen LogP contribution in [0.15, 0.2) is 0 Å². The summed E-state index contributed by atoms with van der Waals surface area (Å²) in [4.78, 5) is 13.2. The number of nitrogens with two attached hydrogens (primary N) is 1. The number of hydrogen-bond acceptors (Lipinski definition) is 3. The predicted octanol–water partition coefficient (Wildman–Crippen LogP) is -0.0651. The number of carbonyl (C=O) groups excluding carboxylic acids is 1. The van der Waals surface area contributed by atoms with Crippen LogP contribution in [-0.2, 0) is 4.79 Å². The third kappa shape index (κ3) is 1.91. The van der Waals surface area contributed by atoms with Crippen molar-refractivity contribution in [2.45, 2.75) is 30.7 Å². The zero-order valence-corrected chi connectivity index (χ0v) is 9.14. The zero-order valence-electron chi connectivity index (χ0n) is 9.14. The lowest BCUT2D eigenvalue weighted by Gasteiger charge is -2.42. The largest absolute Gasteiger partial charge is 0.368 e. The molecule has 0 aliphatic carbocycles. The smallest absolute Gasteiger partial charge is 0.261 e. The molecule has 2 saturated heterocycles. The van der Waals surface area contributed by atoms with Gasteiger partial charge in [0.05, 0.1) is 6.54 Å². The molecule has 2 fully saturated rings. The highest BCUT2D eigenvalue weighted by molar-refractivity contribution is 5.85. The highest BCUT2D eigenvalue weighted by Gasteiger charge is 2.50. The van der Waals surface area contributed by atoms with Gasteiger partial charge in [-0.2, -0.15) is 0 Å². The topological polar surface area (TPSA) is 58.4 Å². The molecule has 92 valence electrons. The highest BCUT2D eigenvalue weighted by atomic mass is 19.3. The third-order valence-electron chi connectivity index (χ3n) is 3.66. The fourth-order valence-corrected chi connectivity index (χ4v) is 2.66. The number of amides is 1. The van der Waals surface area contributed by atoms with Gasteiger partial charge in [-0.1, -0.05) is 0 Å². The number of nitrogens with one attached hydrogen (secondary N) is 1. The maximum atomic E-state index is 13.2. The minimum atomic E-state index is -2.67. The summed E-state index contributed by atoms with van der Waals surface area (Å²) in [6, 6.07) is 0. The molecular weight excluding hydrogens is 216 g/mol. The Kier molecular flexibility index (Phi) is 2.88. The van der Waals surface area contributed by atoms with Crippen LogP contribution in [0.3, 0.4) is 0 Å². The Morgan fingerprint density at radius 3 is 2.31 bits per heavy atom. The van der Waals surface area contributed by atoms with Crippen molar-refractivity contribution in [1.82, 2.24) is 10.2 Å². The summed E-state index contributed by atoms with van der Waals surface area (Å²) in [5.74, 6) is -3.14. The molecule has 0 aromatic rings. The lowest BCUT2D eigenvalue weighted by atomic mass is 9.86. The van der Waals surface area contributed by atoms with Crippen LogP contribution in [0, 0.1) is 0 Å². The average molecular weight is 233 g/mol. The first kappa shape index (κ1) is 11.7.